The average molecular weight is 497 g/mol. The van der Waals surface area contributed by atoms with Crippen LogP contribution in [0.3, 0.4) is 0 Å². The van der Waals surface area contributed by atoms with Crippen molar-refractivity contribution in [1.29, 1.82) is 0 Å². The molecule has 3 heterocycles. The summed E-state index contributed by atoms with van der Waals surface area (Å²) in [5.41, 5.74) is 2.74. The molecule has 0 aliphatic carbocycles. The highest BCUT2D eigenvalue weighted by Crippen LogP contribution is 2.44. The minimum Gasteiger partial charge on any atom is -0.372 e. The van der Waals surface area contributed by atoms with E-state index in [9.17, 15) is 17.6 Å². The summed E-state index contributed by atoms with van der Waals surface area (Å²) in [6.45, 7) is 4.60. The van der Waals surface area contributed by atoms with Gasteiger partial charge in [0.1, 0.15) is 5.82 Å². The lowest BCUT2D eigenvalue weighted by Gasteiger charge is -2.45. The number of benzene rings is 2. The van der Waals surface area contributed by atoms with E-state index in [1.165, 1.54) is 28.6 Å². The maximum atomic E-state index is 14.0. The molecule has 0 radical (unpaired) electrons. The van der Waals surface area contributed by atoms with Gasteiger partial charge in [0.05, 0.1) is 21.8 Å². The Balaban J connectivity index is 1.32. The molecule has 0 saturated carbocycles. The van der Waals surface area contributed by atoms with Gasteiger partial charge >= 0.3 is 0 Å². The van der Waals surface area contributed by atoms with Crippen molar-refractivity contribution in [3.63, 3.8) is 0 Å². The van der Waals surface area contributed by atoms with Gasteiger partial charge in [0, 0.05) is 37.1 Å². The zero-order chi connectivity index (χ0) is 24.8. The zero-order valence-electron chi connectivity index (χ0n) is 19.8. The third-order valence-corrected chi connectivity index (χ3v) is 8.69. The zero-order valence-corrected chi connectivity index (χ0v) is 20.6. The number of nitrogens with zero attached hydrogens (tertiary/aromatic N) is 2. The minimum absolute atomic E-state index is 0.0943. The van der Waals surface area contributed by atoms with Gasteiger partial charge in [0.2, 0.25) is 15.9 Å². The van der Waals surface area contributed by atoms with Crippen molar-refractivity contribution >= 4 is 27.3 Å². The van der Waals surface area contributed by atoms with Crippen LogP contribution in [0.2, 0.25) is 0 Å². The number of fused-ring (bicyclic) bond motifs is 4. The maximum Gasteiger partial charge on any atom is 0.243 e. The number of rotatable bonds is 5. The number of nitrogens with one attached hydrogen (secondary N) is 2. The molecular formula is C26H29FN4O3S. The second-order valence-corrected chi connectivity index (χ2v) is 11.6. The lowest BCUT2D eigenvalue weighted by molar-refractivity contribution is -0.116. The van der Waals surface area contributed by atoms with Gasteiger partial charge in [-0.2, -0.15) is 4.31 Å². The van der Waals surface area contributed by atoms with E-state index in [1.807, 2.05) is 32.2 Å². The molecule has 2 N–H and O–H groups in total. The molecule has 0 atom stereocenters. The number of hydrogen-bond acceptors (Lipinski definition) is 4. The van der Waals surface area contributed by atoms with Crippen LogP contribution in [0.4, 0.5) is 15.8 Å². The molecule has 2 aliphatic heterocycles. The summed E-state index contributed by atoms with van der Waals surface area (Å²) in [6.07, 6.45) is 3.47. The van der Waals surface area contributed by atoms with Crippen molar-refractivity contribution in [2.75, 3.05) is 23.7 Å². The first-order chi connectivity index (χ1) is 16.7. The highest BCUT2D eigenvalue weighted by molar-refractivity contribution is 7.89. The Labute approximate surface area is 205 Å². The second-order valence-electron chi connectivity index (χ2n) is 9.71. The summed E-state index contributed by atoms with van der Waals surface area (Å²) in [4.78, 5) is 12.2. The van der Waals surface area contributed by atoms with Crippen molar-refractivity contribution in [3.05, 3.63) is 72.3 Å². The standard InChI is InChI=1S/C26H29FN4O3S/c1-18(2)16-25(32)28-20-6-8-21(9-7-20)35(33,34)30-14-11-26(12-15-30)24-4-3-13-31(24)23-10-5-19(27)17-22(23)29-26/h3-10,13,17-18,29H,11-12,14-16H2,1-2H3,(H,28,32). The molecular weight excluding hydrogens is 467 g/mol. The van der Waals surface area contributed by atoms with Crippen molar-refractivity contribution in [3.8, 4) is 5.69 Å². The van der Waals surface area contributed by atoms with E-state index in [1.54, 1.807) is 18.2 Å². The van der Waals surface area contributed by atoms with Crippen LogP contribution >= 0.6 is 0 Å². The summed E-state index contributed by atoms with van der Waals surface area (Å²) in [5.74, 6) is -0.167. The van der Waals surface area contributed by atoms with Gasteiger partial charge in [0.15, 0.2) is 0 Å². The van der Waals surface area contributed by atoms with Crippen LogP contribution in [0.5, 0.6) is 0 Å². The van der Waals surface area contributed by atoms with Crippen LogP contribution in [-0.2, 0) is 20.4 Å². The summed E-state index contributed by atoms with van der Waals surface area (Å²) >= 11 is 0. The molecule has 1 aromatic heterocycles. The maximum absolute atomic E-state index is 14.0. The first-order valence-electron chi connectivity index (χ1n) is 11.8. The molecule has 2 aromatic carbocycles. The van der Waals surface area contributed by atoms with Crippen molar-refractivity contribution < 1.29 is 17.6 Å². The van der Waals surface area contributed by atoms with Gasteiger partial charge in [0.25, 0.3) is 0 Å². The van der Waals surface area contributed by atoms with E-state index in [2.05, 4.69) is 15.2 Å². The van der Waals surface area contributed by atoms with Crippen LogP contribution < -0.4 is 10.6 Å². The highest BCUT2D eigenvalue weighted by atomic mass is 32.2. The van der Waals surface area contributed by atoms with Crippen molar-refractivity contribution in [2.24, 2.45) is 5.92 Å². The van der Waals surface area contributed by atoms with Gasteiger partial charge in [-0.3, -0.25) is 4.79 Å². The number of carbonyl (C=O) groups excluding carboxylic acids is 1. The topological polar surface area (TPSA) is 83.4 Å². The molecule has 2 aliphatic rings. The molecule has 35 heavy (non-hydrogen) atoms. The molecule has 7 nitrogen and oxygen atoms in total. The minimum atomic E-state index is -3.69. The van der Waals surface area contributed by atoms with E-state index < -0.39 is 15.6 Å². The average Bonchev–Trinajstić information content (AvgIpc) is 3.30. The number of piperidine rings is 1. The van der Waals surface area contributed by atoms with E-state index in [0.717, 1.165) is 11.4 Å². The number of carbonyl (C=O) groups is 1. The summed E-state index contributed by atoms with van der Waals surface area (Å²) < 4.78 is 44.2. The molecule has 5 rings (SSSR count). The second kappa shape index (κ2) is 8.80. The fourth-order valence-electron chi connectivity index (χ4n) is 5.05. The van der Waals surface area contributed by atoms with Crippen LogP contribution in [0.15, 0.2) is 65.7 Å². The van der Waals surface area contributed by atoms with Gasteiger partial charge in [-0.05, 0) is 73.4 Å². The Kier molecular flexibility index (Phi) is 5.93. The number of anilines is 2. The smallest absolute Gasteiger partial charge is 0.243 e. The Morgan fingerprint density at radius 3 is 2.51 bits per heavy atom. The number of aromatic nitrogens is 1. The number of hydrogen-bond donors (Lipinski definition) is 2. The lowest BCUT2D eigenvalue weighted by atomic mass is 9.83. The van der Waals surface area contributed by atoms with Crippen LogP contribution in [0.1, 0.15) is 38.8 Å². The molecule has 0 unspecified atom stereocenters. The summed E-state index contributed by atoms with van der Waals surface area (Å²) in [7, 11) is -3.69. The van der Waals surface area contributed by atoms with Gasteiger partial charge in [-0.1, -0.05) is 13.8 Å². The number of halogens is 1. The quantitative estimate of drug-likeness (QED) is 0.536. The molecule has 1 saturated heterocycles. The highest BCUT2D eigenvalue weighted by Gasteiger charge is 2.43. The third-order valence-electron chi connectivity index (χ3n) is 6.78. The van der Waals surface area contributed by atoms with Crippen molar-refractivity contribution in [1.82, 2.24) is 8.87 Å². The molecule has 1 spiro atoms. The largest absolute Gasteiger partial charge is 0.372 e. The Bertz CT molecular complexity index is 1360. The molecule has 0 bridgehead atoms. The molecule has 1 fully saturated rings. The van der Waals surface area contributed by atoms with Gasteiger partial charge < -0.3 is 15.2 Å². The van der Waals surface area contributed by atoms with Gasteiger partial charge in [-0.15, -0.1) is 0 Å². The SMILES string of the molecule is CC(C)CC(=O)Nc1ccc(S(=O)(=O)N2CCC3(CC2)Nc2cc(F)ccc2-n2cccc23)cc1. The normalized spacial score (nSPS) is 17.0. The molecule has 3 aromatic rings. The third kappa shape index (κ3) is 4.34. The van der Waals surface area contributed by atoms with Crippen LogP contribution in [0.25, 0.3) is 5.69 Å². The lowest BCUT2D eigenvalue weighted by Crippen LogP contribution is -2.51. The molecule has 184 valence electrons. The van der Waals surface area contributed by atoms with Crippen LogP contribution in [-0.4, -0.2) is 36.3 Å². The Morgan fingerprint density at radius 1 is 1.11 bits per heavy atom. The predicted molar refractivity (Wildman–Crippen MR) is 134 cm³/mol. The fourth-order valence-corrected chi connectivity index (χ4v) is 6.49. The fraction of sp³-hybridized carbons (Fsp3) is 0.346. The van der Waals surface area contributed by atoms with E-state index >= 15 is 0 Å². The number of sulfonamides is 1. The molecule has 9 heteroatoms. The summed E-state index contributed by atoms with van der Waals surface area (Å²) in [6, 6.07) is 15.0. The first-order valence-corrected chi connectivity index (χ1v) is 13.3. The van der Waals surface area contributed by atoms with Gasteiger partial charge in [-0.25, -0.2) is 12.8 Å². The molecule has 1 amide bonds. The Morgan fingerprint density at radius 2 is 1.83 bits per heavy atom. The Hall–Kier alpha value is -3.17. The monoisotopic (exact) mass is 496 g/mol. The summed E-state index contributed by atoms with van der Waals surface area (Å²) in [5, 5.41) is 6.33. The number of amides is 1. The van der Waals surface area contributed by atoms with E-state index in [-0.39, 0.29) is 22.5 Å². The van der Waals surface area contributed by atoms with E-state index in [4.69, 9.17) is 0 Å². The van der Waals surface area contributed by atoms with Crippen molar-refractivity contribution in [2.45, 2.75) is 43.5 Å². The first kappa shape index (κ1) is 23.6. The van der Waals surface area contributed by atoms with E-state index in [0.29, 0.717) is 43.7 Å². The predicted octanol–water partition coefficient (Wildman–Crippen LogP) is 4.71. The van der Waals surface area contributed by atoms with Crippen LogP contribution in [0, 0.1) is 11.7 Å².